The molecular formula is C20H40N7O2PS2. The summed E-state index contributed by atoms with van der Waals surface area (Å²) in [5, 5.41) is 0. The molecule has 4 fully saturated rings. The van der Waals surface area contributed by atoms with Crippen molar-refractivity contribution in [3.63, 3.8) is 0 Å². The van der Waals surface area contributed by atoms with Crippen LogP contribution in [0.5, 0.6) is 0 Å². The second kappa shape index (κ2) is 9.91. The van der Waals surface area contributed by atoms with E-state index in [-0.39, 0.29) is 0 Å². The number of rotatable bonds is 4. The van der Waals surface area contributed by atoms with Crippen LogP contribution in [0, 0.1) is 0 Å². The molecule has 12 heteroatoms. The highest BCUT2D eigenvalue weighted by molar-refractivity contribution is 8.06. The molecule has 0 aliphatic carbocycles. The van der Waals surface area contributed by atoms with Crippen LogP contribution in [-0.4, -0.2) is 78.7 Å². The van der Waals surface area contributed by atoms with Crippen molar-refractivity contribution in [1.29, 1.82) is 0 Å². The highest BCUT2D eigenvalue weighted by Crippen LogP contribution is 2.63. The SMILES string of the molecule is O=[S@@]1(N2CCCCC2)=N[S@](=O)(N2CCCCC2)=NP(N2CCCCC2)(N2CCCCC2)=N1. The molecular weight excluding hydrogens is 465 g/mol. The van der Waals surface area contributed by atoms with Crippen molar-refractivity contribution >= 4 is 27.7 Å². The first kappa shape index (κ1) is 23.7. The third kappa shape index (κ3) is 4.60. The van der Waals surface area contributed by atoms with Gasteiger partial charge in [0.1, 0.15) is 0 Å². The Morgan fingerprint density at radius 1 is 0.500 bits per heavy atom. The molecule has 0 bridgehead atoms. The van der Waals surface area contributed by atoms with Gasteiger partial charge >= 0.3 is 0 Å². The fourth-order valence-electron chi connectivity index (χ4n) is 5.54. The summed E-state index contributed by atoms with van der Waals surface area (Å²) in [5.41, 5.74) is 0. The van der Waals surface area contributed by atoms with E-state index in [4.69, 9.17) is 8.28 Å². The average Bonchev–Trinajstić information content (AvgIpc) is 2.86. The topological polar surface area (TPSA) is 84.2 Å². The minimum atomic E-state index is -3.12. The molecule has 0 unspecified atom stereocenters. The van der Waals surface area contributed by atoms with Crippen LogP contribution >= 0.6 is 7.51 Å². The van der Waals surface area contributed by atoms with Crippen LogP contribution in [0.15, 0.2) is 12.1 Å². The van der Waals surface area contributed by atoms with Gasteiger partial charge in [-0.2, -0.15) is 8.61 Å². The third-order valence-corrected chi connectivity index (χ3v) is 16.8. The van der Waals surface area contributed by atoms with Gasteiger partial charge in [-0.1, -0.05) is 29.5 Å². The van der Waals surface area contributed by atoms with Crippen molar-refractivity contribution in [3.05, 3.63) is 0 Å². The van der Waals surface area contributed by atoms with Crippen LogP contribution in [0.2, 0.25) is 0 Å². The highest BCUT2D eigenvalue weighted by Gasteiger charge is 2.45. The van der Waals surface area contributed by atoms with E-state index in [2.05, 4.69) is 13.1 Å². The summed E-state index contributed by atoms with van der Waals surface area (Å²) in [7, 11) is -8.96. The van der Waals surface area contributed by atoms with E-state index < -0.39 is 27.7 Å². The number of hydrogen-bond acceptors (Lipinski definition) is 5. The fraction of sp³-hybridized carbons (Fsp3) is 1.00. The molecule has 5 aliphatic heterocycles. The van der Waals surface area contributed by atoms with Gasteiger partial charge in [0.05, 0.1) is 0 Å². The largest absolute Gasteiger partial charge is 0.239 e. The van der Waals surface area contributed by atoms with Crippen molar-refractivity contribution in [2.24, 2.45) is 12.1 Å². The second-order valence-electron chi connectivity index (χ2n) is 9.72. The van der Waals surface area contributed by atoms with Gasteiger partial charge in [0.2, 0.25) is 27.7 Å². The minimum Gasteiger partial charge on any atom is -0.239 e. The Morgan fingerprint density at radius 2 is 0.875 bits per heavy atom. The van der Waals surface area contributed by atoms with Crippen LogP contribution in [0.1, 0.15) is 77.0 Å². The van der Waals surface area contributed by atoms with E-state index in [1.165, 1.54) is 12.8 Å². The van der Waals surface area contributed by atoms with Crippen LogP contribution in [0.3, 0.4) is 0 Å². The lowest BCUT2D eigenvalue weighted by atomic mass is 10.2. The zero-order valence-corrected chi connectivity index (χ0v) is 21.9. The van der Waals surface area contributed by atoms with E-state index in [0.717, 1.165) is 117 Å². The lowest BCUT2D eigenvalue weighted by Crippen LogP contribution is -2.43. The molecule has 184 valence electrons. The lowest BCUT2D eigenvalue weighted by molar-refractivity contribution is 0.303. The van der Waals surface area contributed by atoms with Gasteiger partial charge in [0.25, 0.3) is 0 Å². The molecule has 4 saturated heterocycles. The molecule has 2 atom stereocenters. The average molecular weight is 506 g/mol. The molecule has 32 heavy (non-hydrogen) atoms. The Kier molecular flexibility index (Phi) is 7.34. The Morgan fingerprint density at radius 3 is 1.31 bits per heavy atom. The molecule has 5 heterocycles. The van der Waals surface area contributed by atoms with Gasteiger partial charge in [-0.15, -0.1) is 8.28 Å². The van der Waals surface area contributed by atoms with Crippen molar-refractivity contribution in [1.82, 2.24) is 18.0 Å². The molecule has 0 spiro atoms. The maximum atomic E-state index is 14.6. The van der Waals surface area contributed by atoms with Crippen molar-refractivity contribution in [2.75, 3.05) is 52.4 Å². The smallest absolute Gasteiger partial charge is 0.238 e. The summed E-state index contributed by atoms with van der Waals surface area (Å²) in [6.07, 6.45) is 13.2. The summed E-state index contributed by atoms with van der Waals surface area (Å²) in [4.78, 5) is 0. The van der Waals surface area contributed by atoms with E-state index in [1.54, 1.807) is 0 Å². The minimum absolute atomic E-state index is 0.724. The molecule has 0 aromatic carbocycles. The highest BCUT2D eigenvalue weighted by atomic mass is 32.3. The van der Waals surface area contributed by atoms with Crippen molar-refractivity contribution in [2.45, 2.75) is 77.0 Å². The van der Waals surface area contributed by atoms with Gasteiger partial charge in [-0.3, -0.25) is 0 Å². The zero-order valence-electron chi connectivity index (χ0n) is 19.4. The van der Waals surface area contributed by atoms with Crippen LogP contribution in [0.4, 0.5) is 0 Å². The van der Waals surface area contributed by atoms with Gasteiger partial charge in [0.15, 0.2) is 0 Å². The van der Waals surface area contributed by atoms with E-state index in [1.807, 2.05) is 8.61 Å². The third-order valence-electron chi connectivity index (χ3n) is 7.35. The Labute approximate surface area is 195 Å². The van der Waals surface area contributed by atoms with Gasteiger partial charge < -0.3 is 0 Å². The number of nitrogens with zero attached hydrogens (tertiary/aromatic N) is 7. The summed E-state index contributed by atoms with van der Waals surface area (Å²) in [6.45, 7) is 6.51. The van der Waals surface area contributed by atoms with Gasteiger partial charge in [0, 0.05) is 52.4 Å². The fourth-order valence-corrected chi connectivity index (χ4v) is 16.7. The van der Waals surface area contributed by atoms with Crippen LogP contribution < -0.4 is 0 Å². The number of hydrogen-bond donors (Lipinski definition) is 0. The first-order valence-corrected chi connectivity index (χ1v) is 17.2. The molecule has 9 nitrogen and oxygen atoms in total. The Bertz CT molecular complexity index is 910. The predicted octanol–water partition coefficient (Wildman–Crippen LogP) is 4.49. The molecule has 0 saturated carbocycles. The maximum Gasteiger partial charge on any atom is 0.238 e. The normalized spacial score (nSPS) is 38.4. The molecule has 0 amide bonds. The van der Waals surface area contributed by atoms with Gasteiger partial charge in [-0.25, -0.2) is 17.8 Å². The Balaban J connectivity index is 1.71. The zero-order chi connectivity index (χ0) is 22.1. The lowest BCUT2D eigenvalue weighted by Gasteiger charge is -2.45. The van der Waals surface area contributed by atoms with Gasteiger partial charge in [-0.05, 0) is 51.4 Å². The number of piperidine rings is 4. The predicted molar refractivity (Wildman–Crippen MR) is 132 cm³/mol. The van der Waals surface area contributed by atoms with Crippen LogP contribution in [-0.2, 0) is 20.2 Å². The van der Waals surface area contributed by atoms with E-state index >= 15 is 0 Å². The van der Waals surface area contributed by atoms with E-state index in [0.29, 0.717) is 0 Å². The summed E-state index contributed by atoms with van der Waals surface area (Å²) < 4.78 is 52.9. The summed E-state index contributed by atoms with van der Waals surface area (Å²) in [5.74, 6) is 0. The second-order valence-corrected chi connectivity index (χ2v) is 16.7. The van der Waals surface area contributed by atoms with E-state index in [9.17, 15) is 8.42 Å². The molecule has 0 aromatic rings. The quantitative estimate of drug-likeness (QED) is 0.527. The molecule has 0 N–H and O–H groups in total. The molecule has 0 radical (unpaired) electrons. The first-order chi connectivity index (χ1) is 15.5. The van der Waals surface area contributed by atoms with Crippen molar-refractivity contribution < 1.29 is 8.42 Å². The van der Waals surface area contributed by atoms with Crippen molar-refractivity contribution in [3.8, 4) is 0 Å². The monoisotopic (exact) mass is 505 g/mol. The molecule has 5 aliphatic rings. The molecule has 5 rings (SSSR count). The summed E-state index contributed by atoms with van der Waals surface area (Å²) >= 11 is 0. The molecule has 0 aromatic heterocycles. The first-order valence-electron chi connectivity index (χ1n) is 12.8. The Hall–Kier alpha value is -0.0300. The standard InChI is InChI=1S/C20H40N7O2PS2/c28-31(26-17-9-3-10-18-26)21-30(24-13-5-1-6-14-24,25-15-7-2-8-16-25)22-32(29,23-31)27-19-11-4-12-20-27/h1-20H2/t31-,32+. The maximum absolute atomic E-state index is 14.6. The summed E-state index contributed by atoms with van der Waals surface area (Å²) in [6, 6.07) is 0. The van der Waals surface area contributed by atoms with Crippen LogP contribution in [0.25, 0.3) is 0 Å².